The topological polar surface area (TPSA) is 64.0 Å². The van der Waals surface area contributed by atoms with Gasteiger partial charge in [-0.25, -0.2) is 4.98 Å². The summed E-state index contributed by atoms with van der Waals surface area (Å²) in [5, 5.41) is 7.44. The van der Waals surface area contributed by atoms with Gasteiger partial charge in [0.15, 0.2) is 0 Å². The quantitative estimate of drug-likeness (QED) is 0.521. The standard InChI is InChI=1S/C21H19N3O2S2/c1-14(15-6-3-2-4-7-15)10-22-18(25)11-24-13-23-20-19(21(24)26)16(12-28-20)17-8-5-9-27-17/h2-9,12-14H,10-11H2,1H3,(H,22,25)/t14-/m1/s1. The molecule has 142 valence electrons. The average molecular weight is 410 g/mol. The SMILES string of the molecule is C[C@H](CNC(=O)Cn1cnc2scc(-c3cccs3)c2c1=O)c1ccccc1. The van der Waals surface area contributed by atoms with Crippen LogP contribution < -0.4 is 10.9 Å². The molecule has 0 aliphatic carbocycles. The van der Waals surface area contributed by atoms with E-state index in [1.54, 1.807) is 11.3 Å². The van der Waals surface area contributed by atoms with Gasteiger partial charge >= 0.3 is 0 Å². The number of nitrogens with one attached hydrogen (secondary N) is 1. The van der Waals surface area contributed by atoms with E-state index in [2.05, 4.69) is 17.2 Å². The van der Waals surface area contributed by atoms with Crippen LogP contribution in [0.25, 0.3) is 20.7 Å². The molecule has 1 N–H and O–H groups in total. The van der Waals surface area contributed by atoms with Crippen LogP contribution in [0, 0.1) is 0 Å². The fourth-order valence-electron chi connectivity index (χ4n) is 3.07. The zero-order valence-corrected chi connectivity index (χ0v) is 16.9. The highest BCUT2D eigenvalue weighted by atomic mass is 32.1. The third kappa shape index (κ3) is 3.76. The number of aromatic nitrogens is 2. The molecule has 0 radical (unpaired) electrons. The van der Waals surface area contributed by atoms with E-state index in [1.807, 2.05) is 53.2 Å². The van der Waals surface area contributed by atoms with E-state index >= 15 is 0 Å². The molecule has 0 aliphatic rings. The smallest absolute Gasteiger partial charge is 0.263 e. The second-order valence-corrected chi connectivity index (χ2v) is 8.41. The van der Waals surface area contributed by atoms with Crippen LogP contribution in [-0.4, -0.2) is 22.0 Å². The summed E-state index contributed by atoms with van der Waals surface area (Å²) in [5.41, 5.74) is 1.88. The van der Waals surface area contributed by atoms with E-state index in [4.69, 9.17) is 0 Å². The number of carbonyl (C=O) groups excluding carboxylic acids is 1. The van der Waals surface area contributed by atoms with E-state index in [0.717, 1.165) is 10.4 Å². The molecule has 3 heterocycles. The minimum Gasteiger partial charge on any atom is -0.354 e. The molecule has 28 heavy (non-hydrogen) atoms. The molecule has 4 rings (SSSR count). The average Bonchev–Trinajstić information content (AvgIpc) is 3.38. The molecule has 0 aliphatic heterocycles. The summed E-state index contributed by atoms with van der Waals surface area (Å²) in [4.78, 5) is 31.5. The van der Waals surface area contributed by atoms with Gasteiger partial charge in [-0.3, -0.25) is 14.2 Å². The Labute approximate surface area is 170 Å². The first-order valence-corrected chi connectivity index (χ1v) is 10.7. The van der Waals surface area contributed by atoms with Gasteiger partial charge in [0.05, 0.1) is 11.7 Å². The van der Waals surface area contributed by atoms with Crippen LogP contribution >= 0.6 is 22.7 Å². The minimum absolute atomic E-state index is 0.0387. The molecule has 0 saturated carbocycles. The molecule has 0 bridgehead atoms. The van der Waals surface area contributed by atoms with Crippen LogP contribution in [0.2, 0.25) is 0 Å². The van der Waals surface area contributed by atoms with Gasteiger partial charge in [0.25, 0.3) is 5.56 Å². The minimum atomic E-state index is -0.195. The lowest BCUT2D eigenvalue weighted by molar-refractivity contribution is -0.121. The number of benzene rings is 1. The molecule has 5 nitrogen and oxygen atoms in total. The number of hydrogen-bond acceptors (Lipinski definition) is 5. The molecule has 0 spiro atoms. The largest absolute Gasteiger partial charge is 0.354 e. The van der Waals surface area contributed by atoms with Crippen LogP contribution in [0.3, 0.4) is 0 Å². The monoisotopic (exact) mass is 409 g/mol. The first-order chi connectivity index (χ1) is 13.6. The first kappa shape index (κ1) is 18.6. The van der Waals surface area contributed by atoms with Crippen LogP contribution in [0.5, 0.6) is 0 Å². The molecular weight excluding hydrogens is 390 g/mol. The number of amides is 1. The van der Waals surface area contributed by atoms with Crippen LogP contribution in [0.15, 0.2) is 64.3 Å². The van der Waals surface area contributed by atoms with Gasteiger partial charge in [-0.2, -0.15) is 0 Å². The van der Waals surface area contributed by atoms with Gasteiger partial charge in [0.2, 0.25) is 5.91 Å². The van der Waals surface area contributed by atoms with E-state index in [0.29, 0.717) is 16.8 Å². The van der Waals surface area contributed by atoms with E-state index in [-0.39, 0.29) is 23.9 Å². The predicted octanol–water partition coefficient (Wildman–Crippen LogP) is 4.11. The fraction of sp³-hybridized carbons (Fsp3) is 0.190. The maximum atomic E-state index is 13.0. The van der Waals surface area contributed by atoms with Crippen LogP contribution in [-0.2, 0) is 11.3 Å². The Balaban J connectivity index is 1.50. The molecule has 7 heteroatoms. The van der Waals surface area contributed by atoms with Gasteiger partial charge in [-0.05, 0) is 22.9 Å². The zero-order chi connectivity index (χ0) is 19.5. The third-order valence-corrected chi connectivity index (χ3v) is 6.42. The number of nitrogens with zero attached hydrogens (tertiary/aromatic N) is 2. The van der Waals surface area contributed by atoms with E-state index < -0.39 is 0 Å². The Morgan fingerprint density at radius 1 is 1.18 bits per heavy atom. The Morgan fingerprint density at radius 3 is 2.75 bits per heavy atom. The molecular formula is C21H19N3O2S2. The van der Waals surface area contributed by atoms with Crippen molar-refractivity contribution >= 4 is 38.8 Å². The summed E-state index contributed by atoms with van der Waals surface area (Å²) in [6.45, 7) is 2.54. The Kier molecular flexibility index (Phi) is 5.36. The molecule has 1 atom stereocenters. The van der Waals surface area contributed by atoms with Gasteiger partial charge in [0.1, 0.15) is 11.4 Å². The molecule has 1 amide bonds. The van der Waals surface area contributed by atoms with Gasteiger partial charge in [0, 0.05) is 22.4 Å². The van der Waals surface area contributed by atoms with Crippen molar-refractivity contribution in [1.82, 2.24) is 14.9 Å². The van der Waals surface area contributed by atoms with Gasteiger partial charge in [-0.15, -0.1) is 22.7 Å². The first-order valence-electron chi connectivity index (χ1n) is 8.95. The molecule has 1 aromatic carbocycles. The van der Waals surface area contributed by atoms with Crippen molar-refractivity contribution in [3.63, 3.8) is 0 Å². The molecule has 0 saturated heterocycles. The van der Waals surface area contributed by atoms with Gasteiger partial charge < -0.3 is 5.32 Å². The third-order valence-electron chi connectivity index (χ3n) is 4.64. The summed E-state index contributed by atoms with van der Waals surface area (Å²) in [5.74, 6) is 0.00344. The van der Waals surface area contributed by atoms with Crippen molar-refractivity contribution in [2.45, 2.75) is 19.4 Å². The van der Waals surface area contributed by atoms with E-state index in [1.165, 1.54) is 27.8 Å². The summed E-state index contributed by atoms with van der Waals surface area (Å²) in [6, 6.07) is 14.0. The zero-order valence-electron chi connectivity index (χ0n) is 15.3. The van der Waals surface area contributed by atoms with Crippen molar-refractivity contribution in [3.8, 4) is 10.4 Å². The van der Waals surface area contributed by atoms with Gasteiger partial charge in [-0.1, -0.05) is 43.3 Å². The molecule has 4 aromatic rings. The lowest BCUT2D eigenvalue weighted by atomic mass is 10.0. The van der Waals surface area contributed by atoms with Crippen molar-refractivity contribution in [2.24, 2.45) is 0 Å². The number of carbonyl (C=O) groups is 1. The summed E-state index contributed by atoms with van der Waals surface area (Å²) in [6.07, 6.45) is 1.46. The number of thiophene rings is 2. The number of fused-ring (bicyclic) bond motifs is 1. The highest BCUT2D eigenvalue weighted by Crippen LogP contribution is 2.33. The Morgan fingerprint density at radius 2 is 2.00 bits per heavy atom. The highest BCUT2D eigenvalue weighted by Gasteiger charge is 2.15. The summed E-state index contributed by atoms with van der Waals surface area (Å²) < 4.78 is 1.38. The molecule has 0 fully saturated rings. The fourth-order valence-corrected chi connectivity index (χ4v) is 4.79. The van der Waals surface area contributed by atoms with Crippen molar-refractivity contribution < 1.29 is 4.79 Å². The maximum absolute atomic E-state index is 13.0. The highest BCUT2D eigenvalue weighted by molar-refractivity contribution is 7.18. The summed E-state index contributed by atoms with van der Waals surface area (Å²) in [7, 11) is 0. The Hall–Kier alpha value is -2.77. The predicted molar refractivity (Wildman–Crippen MR) is 115 cm³/mol. The lowest BCUT2D eigenvalue weighted by Crippen LogP contribution is -2.34. The van der Waals surface area contributed by atoms with Crippen LogP contribution in [0.1, 0.15) is 18.4 Å². The van der Waals surface area contributed by atoms with Crippen LogP contribution in [0.4, 0.5) is 0 Å². The molecule has 0 unspecified atom stereocenters. The summed E-state index contributed by atoms with van der Waals surface area (Å²) >= 11 is 3.03. The van der Waals surface area contributed by atoms with E-state index in [9.17, 15) is 9.59 Å². The van der Waals surface area contributed by atoms with Crippen molar-refractivity contribution in [2.75, 3.05) is 6.54 Å². The lowest BCUT2D eigenvalue weighted by Gasteiger charge is -2.13. The Bertz CT molecular complexity index is 1150. The van der Waals surface area contributed by atoms with Crippen molar-refractivity contribution in [3.05, 3.63) is 75.5 Å². The number of hydrogen-bond donors (Lipinski definition) is 1. The second kappa shape index (κ2) is 8.08. The van der Waals surface area contributed by atoms with Crippen molar-refractivity contribution in [1.29, 1.82) is 0 Å². The maximum Gasteiger partial charge on any atom is 0.263 e. The number of rotatable bonds is 6. The second-order valence-electron chi connectivity index (χ2n) is 6.60. The normalized spacial score (nSPS) is 12.2. The molecule has 3 aromatic heterocycles.